The van der Waals surface area contributed by atoms with Gasteiger partial charge in [-0.25, -0.2) is 0 Å². The maximum Gasteiger partial charge on any atom is 0.0944 e. The molecule has 1 fully saturated rings. The predicted molar refractivity (Wildman–Crippen MR) is 50.4 cm³/mol. The molecule has 12 heavy (non-hydrogen) atoms. The normalized spacial score (nSPS) is 31.2. The third-order valence-corrected chi connectivity index (χ3v) is 2.46. The van der Waals surface area contributed by atoms with Gasteiger partial charge in [0, 0.05) is 26.2 Å². The zero-order chi connectivity index (χ0) is 9.03. The van der Waals surface area contributed by atoms with Gasteiger partial charge in [0.1, 0.15) is 0 Å². The van der Waals surface area contributed by atoms with Gasteiger partial charge in [-0.1, -0.05) is 0 Å². The van der Waals surface area contributed by atoms with Gasteiger partial charge in [0.25, 0.3) is 0 Å². The van der Waals surface area contributed by atoms with Crippen molar-refractivity contribution in [3.8, 4) is 0 Å². The van der Waals surface area contributed by atoms with Crippen molar-refractivity contribution in [1.29, 1.82) is 0 Å². The molecule has 3 heteroatoms. The Balaban J connectivity index is 2.48. The van der Waals surface area contributed by atoms with Crippen LogP contribution in [0.25, 0.3) is 0 Å². The first kappa shape index (κ1) is 9.96. The molecule has 0 radical (unpaired) electrons. The van der Waals surface area contributed by atoms with Crippen LogP contribution in [0.5, 0.6) is 0 Å². The van der Waals surface area contributed by atoms with E-state index in [0.29, 0.717) is 0 Å². The second-order valence-electron chi connectivity index (χ2n) is 3.63. The first-order chi connectivity index (χ1) is 5.72. The van der Waals surface area contributed by atoms with Gasteiger partial charge in [0.15, 0.2) is 0 Å². The lowest BCUT2D eigenvalue weighted by Crippen LogP contribution is -2.44. The summed E-state index contributed by atoms with van der Waals surface area (Å²) in [6, 6.07) is 0. The highest BCUT2D eigenvalue weighted by Crippen LogP contribution is 2.23. The Morgan fingerprint density at radius 3 is 2.75 bits per heavy atom. The average molecular weight is 172 g/mol. The summed E-state index contributed by atoms with van der Waals surface area (Å²) in [4.78, 5) is 2.33. The van der Waals surface area contributed by atoms with E-state index < -0.39 is 0 Å². The lowest BCUT2D eigenvalue weighted by atomic mass is 10.0. The molecule has 0 saturated carbocycles. The second kappa shape index (κ2) is 4.21. The second-order valence-corrected chi connectivity index (χ2v) is 3.63. The molecule has 0 spiro atoms. The lowest BCUT2D eigenvalue weighted by Gasteiger charge is -2.28. The Morgan fingerprint density at radius 1 is 1.58 bits per heavy atom. The summed E-state index contributed by atoms with van der Waals surface area (Å²) in [5.41, 5.74) is 0.0816. The molecule has 1 unspecified atom stereocenters. The third-order valence-electron chi connectivity index (χ3n) is 2.46. The van der Waals surface area contributed by atoms with Crippen molar-refractivity contribution in [3.05, 3.63) is 0 Å². The Bertz CT molecular complexity index is 127. The molecule has 1 aliphatic rings. The van der Waals surface area contributed by atoms with Crippen molar-refractivity contribution in [2.45, 2.75) is 18.9 Å². The van der Waals surface area contributed by atoms with Crippen molar-refractivity contribution >= 4 is 0 Å². The summed E-state index contributed by atoms with van der Waals surface area (Å²) in [6.07, 6.45) is 1.15. The van der Waals surface area contributed by atoms with Gasteiger partial charge in [-0.3, -0.25) is 0 Å². The first-order valence-corrected chi connectivity index (χ1v) is 4.69. The van der Waals surface area contributed by atoms with Crippen LogP contribution in [0.1, 0.15) is 13.3 Å². The highest BCUT2D eigenvalue weighted by atomic mass is 16.5. The molecular formula is C9H20N2O. The van der Waals surface area contributed by atoms with E-state index in [1.165, 1.54) is 0 Å². The summed E-state index contributed by atoms with van der Waals surface area (Å²) in [5, 5.41) is 3.20. The molecule has 0 aromatic rings. The van der Waals surface area contributed by atoms with Crippen LogP contribution in [0, 0.1) is 0 Å². The van der Waals surface area contributed by atoms with Crippen molar-refractivity contribution in [2.75, 3.05) is 40.3 Å². The molecule has 0 aromatic carbocycles. The van der Waals surface area contributed by atoms with Crippen molar-refractivity contribution in [1.82, 2.24) is 10.2 Å². The molecule has 72 valence electrons. The van der Waals surface area contributed by atoms with E-state index in [2.05, 4.69) is 24.2 Å². The smallest absolute Gasteiger partial charge is 0.0944 e. The average Bonchev–Trinajstić information content (AvgIpc) is 2.34. The topological polar surface area (TPSA) is 24.5 Å². The van der Waals surface area contributed by atoms with Crippen LogP contribution < -0.4 is 5.32 Å². The third kappa shape index (κ3) is 2.19. The van der Waals surface area contributed by atoms with E-state index in [9.17, 15) is 0 Å². The number of rotatable bonds is 4. The van der Waals surface area contributed by atoms with Gasteiger partial charge >= 0.3 is 0 Å². The predicted octanol–water partition coefficient (Wildman–Crippen LogP) is 0.317. The largest absolute Gasteiger partial charge is 0.373 e. The minimum atomic E-state index is 0.0816. The number of likely N-dealkylation sites (tertiary alicyclic amines) is 1. The van der Waals surface area contributed by atoms with Crippen LogP contribution in [0.3, 0.4) is 0 Å². The van der Waals surface area contributed by atoms with Gasteiger partial charge in [-0.15, -0.1) is 0 Å². The standard InChI is InChI=1S/C9H20N2O/c1-4-12-9(7-10-2)5-6-11(3)8-9/h10H,4-8H2,1-3H3. The Morgan fingerprint density at radius 2 is 2.33 bits per heavy atom. The maximum absolute atomic E-state index is 5.80. The van der Waals surface area contributed by atoms with Crippen molar-refractivity contribution < 1.29 is 4.74 Å². The van der Waals surface area contributed by atoms with Crippen molar-refractivity contribution in [3.63, 3.8) is 0 Å². The summed E-state index contributed by atoms with van der Waals surface area (Å²) < 4.78 is 5.80. The molecule has 1 rings (SSSR count). The summed E-state index contributed by atoms with van der Waals surface area (Å²) in [7, 11) is 4.13. The monoisotopic (exact) mass is 172 g/mol. The minimum Gasteiger partial charge on any atom is -0.373 e. The van der Waals surface area contributed by atoms with E-state index in [-0.39, 0.29) is 5.60 Å². The fourth-order valence-corrected chi connectivity index (χ4v) is 1.99. The Hall–Kier alpha value is -0.120. The number of nitrogens with one attached hydrogen (secondary N) is 1. The first-order valence-electron chi connectivity index (χ1n) is 4.69. The zero-order valence-electron chi connectivity index (χ0n) is 8.39. The van der Waals surface area contributed by atoms with Gasteiger partial charge in [0.05, 0.1) is 5.60 Å². The van der Waals surface area contributed by atoms with Gasteiger partial charge in [-0.2, -0.15) is 0 Å². The molecule has 1 atom stereocenters. The Kier molecular flexibility index (Phi) is 3.50. The van der Waals surface area contributed by atoms with Crippen LogP contribution in [0.2, 0.25) is 0 Å². The van der Waals surface area contributed by atoms with Crippen LogP contribution in [0.15, 0.2) is 0 Å². The number of hydrogen-bond donors (Lipinski definition) is 1. The number of hydrogen-bond acceptors (Lipinski definition) is 3. The lowest BCUT2D eigenvalue weighted by molar-refractivity contribution is -0.0270. The fourth-order valence-electron chi connectivity index (χ4n) is 1.99. The van der Waals surface area contributed by atoms with E-state index in [4.69, 9.17) is 4.74 Å². The molecule has 0 bridgehead atoms. The fraction of sp³-hybridized carbons (Fsp3) is 1.00. The quantitative estimate of drug-likeness (QED) is 0.661. The van der Waals surface area contributed by atoms with E-state index in [1.807, 2.05) is 7.05 Å². The van der Waals surface area contributed by atoms with Gasteiger partial charge in [-0.05, 0) is 27.4 Å². The van der Waals surface area contributed by atoms with Crippen molar-refractivity contribution in [2.24, 2.45) is 0 Å². The van der Waals surface area contributed by atoms with Gasteiger partial charge in [0.2, 0.25) is 0 Å². The van der Waals surface area contributed by atoms with E-state index >= 15 is 0 Å². The maximum atomic E-state index is 5.80. The number of nitrogens with zero attached hydrogens (tertiary/aromatic N) is 1. The molecule has 0 aliphatic carbocycles. The molecular weight excluding hydrogens is 152 g/mol. The molecule has 1 heterocycles. The minimum absolute atomic E-state index is 0.0816. The number of ether oxygens (including phenoxy) is 1. The number of likely N-dealkylation sites (N-methyl/N-ethyl adjacent to an activating group) is 2. The molecule has 1 N–H and O–H groups in total. The highest BCUT2D eigenvalue weighted by Gasteiger charge is 2.36. The molecule has 0 amide bonds. The molecule has 3 nitrogen and oxygen atoms in total. The summed E-state index contributed by atoms with van der Waals surface area (Å²) in [5.74, 6) is 0. The van der Waals surface area contributed by atoms with E-state index in [1.54, 1.807) is 0 Å². The SMILES string of the molecule is CCOC1(CNC)CCN(C)C1. The zero-order valence-corrected chi connectivity index (χ0v) is 8.39. The summed E-state index contributed by atoms with van der Waals surface area (Å²) >= 11 is 0. The van der Waals surface area contributed by atoms with Gasteiger partial charge < -0.3 is 15.0 Å². The van der Waals surface area contributed by atoms with Crippen LogP contribution in [-0.2, 0) is 4.74 Å². The van der Waals surface area contributed by atoms with Crippen LogP contribution in [0.4, 0.5) is 0 Å². The molecule has 1 aliphatic heterocycles. The molecule has 0 aromatic heterocycles. The molecule has 1 saturated heterocycles. The summed E-state index contributed by atoms with van der Waals surface area (Å²) in [6.45, 7) is 6.06. The van der Waals surface area contributed by atoms with E-state index in [0.717, 1.165) is 32.7 Å². The van der Waals surface area contributed by atoms with Crippen LogP contribution in [-0.4, -0.2) is 50.8 Å². The van der Waals surface area contributed by atoms with Crippen LogP contribution >= 0.6 is 0 Å². The Labute approximate surface area is 75.1 Å². The highest BCUT2D eigenvalue weighted by molar-refractivity contribution is 4.92.